The predicted molar refractivity (Wildman–Crippen MR) is 105 cm³/mol. The van der Waals surface area contributed by atoms with Crippen molar-refractivity contribution in [1.82, 2.24) is 14.9 Å². The zero-order valence-corrected chi connectivity index (χ0v) is 16.6. The lowest BCUT2D eigenvalue weighted by atomic mass is 9.72. The molecule has 3 fully saturated rings. The van der Waals surface area contributed by atoms with Gasteiger partial charge in [0.2, 0.25) is 5.91 Å². The molecule has 3 saturated heterocycles. The lowest BCUT2D eigenvalue weighted by molar-refractivity contribution is -0.140. The minimum absolute atomic E-state index is 0.245. The Morgan fingerprint density at radius 3 is 2.78 bits per heavy atom. The van der Waals surface area contributed by atoms with E-state index in [1.165, 1.54) is 0 Å². The summed E-state index contributed by atoms with van der Waals surface area (Å²) < 4.78 is 5.76. The van der Waals surface area contributed by atoms with Crippen molar-refractivity contribution in [2.45, 2.75) is 44.6 Å². The van der Waals surface area contributed by atoms with Gasteiger partial charge in [0, 0.05) is 59.4 Å². The minimum Gasteiger partial charge on any atom is -0.376 e. The Balaban J connectivity index is 1.38. The van der Waals surface area contributed by atoms with Gasteiger partial charge >= 0.3 is 0 Å². The number of carbonyl (C=O) groups is 1. The first-order valence-corrected chi connectivity index (χ1v) is 10.2. The highest BCUT2D eigenvalue weighted by Gasteiger charge is 2.41. The van der Waals surface area contributed by atoms with E-state index in [0.717, 1.165) is 76.5 Å². The molecule has 1 atom stereocenters. The van der Waals surface area contributed by atoms with Gasteiger partial charge in [0.15, 0.2) is 0 Å². The van der Waals surface area contributed by atoms with Crippen molar-refractivity contribution in [3.05, 3.63) is 12.4 Å². The number of carbonyl (C=O) groups excluding carboxylic acids is 1. The topological polar surface area (TPSA) is 61.8 Å². The molecular formula is C20H31N5O2. The van der Waals surface area contributed by atoms with E-state index < -0.39 is 0 Å². The van der Waals surface area contributed by atoms with Crippen LogP contribution < -0.4 is 9.80 Å². The van der Waals surface area contributed by atoms with Crippen LogP contribution in [0.3, 0.4) is 0 Å². The maximum atomic E-state index is 12.4. The number of likely N-dealkylation sites (tertiary alicyclic amines) is 1. The number of ether oxygens (including phenoxy) is 1. The fourth-order valence-corrected chi connectivity index (χ4v) is 4.68. The Kier molecular flexibility index (Phi) is 5.21. The molecule has 7 heteroatoms. The molecule has 0 radical (unpaired) electrons. The molecule has 0 aliphatic carbocycles. The lowest BCUT2D eigenvalue weighted by Crippen LogP contribution is -2.53. The molecule has 0 bridgehead atoms. The summed E-state index contributed by atoms with van der Waals surface area (Å²) in [7, 11) is 4.00. The van der Waals surface area contributed by atoms with Crippen LogP contribution in [0.4, 0.5) is 11.6 Å². The van der Waals surface area contributed by atoms with Gasteiger partial charge in [0.05, 0.1) is 6.10 Å². The van der Waals surface area contributed by atoms with Crippen LogP contribution in [0.5, 0.6) is 0 Å². The Morgan fingerprint density at radius 1 is 1.26 bits per heavy atom. The molecule has 0 unspecified atom stereocenters. The molecule has 27 heavy (non-hydrogen) atoms. The molecule has 148 valence electrons. The lowest BCUT2D eigenvalue weighted by Gasteiger charge is -2.48. The van der Waals surface area contributed by atoms with E-state index in [1.54, 1.807) is 6.33 Å². The first kappa shape index (κ1) is 18.5. The molecule has 3 aliphatic rings. The van der Waals surface area contributed by atoms with E-state index in [0.29, 0.717) is 12.3 Å². The van der Waals surface area contributed by atoms with Crippen LogP contribution in [0.2, 0.25) is 0 Å². The summed E-state index contributed by atoms with van der Waals surface area (Å²) in [6, 6.07) is 2.06. The van der Waals surface area contributed by atoms with Gasteiger partial charge in [-0.25, -0.2) is 9.97 Å². The van der Waals surface area contributed by atoms with E-state index in [4.69, 9.17) is 4.74 Å². The van der Waals surface area contributed by atoms with E-state index in [1.807, 2.05) is 19.0 Å². The molecule has 7 nitrogen and oxygen atoms in total. The van der Waals surface area contributed by atoms with Gasteiger partial charge < -0.3 is 19.4 Å². The van der Waals surface area contributed by atoms with E-state index in [-0.39, 0.29) is 11.5 Å². The van der Waals surface area contributed by atoms with Crippen molar-refractivity contribution in [3.8, 4) is 0 Å². The Hall–Kier alpha value is -1.89. The molecule has 1 aromatic rings. The fraction of sp³-hybridized carbons (Fsp3) is 0.750. The maximum absolute atomic E-state index is 12.4. The van der Waals surface area contributed by atoms with Crippen molar-refractivity contribution < 1.29 is 9.53 Å². The number of hydrogen-bond acceptors (Lipinski definition) is 6. The Morgan fingerprint density at radius 2 is 2.07 bits per heavy atom. The van der Waals surface area contributed by atoms with Crippen molar-refractivity contribution in [2.24, 2.45) is 5.41 Å². The third-order valence-electron chi connectivity index (χ3n) is 6.44. The summed E-state index contributed by atoms with van der Waals surface area (Å²) in [6.07, 6.45) is 8.05. The molecule has 0 aromatic carbocycles. The van der Waals surface area contributed by atoms with E-state index in [2.05, 4.69) is 25.8 Å². The highest BCUT2D eigenvalue weighted by atomic mass is 16.5. The highest BCUT2D eigenvalue weighted by Crippen LogP contribution is 2.41. The largest absolute Gasteiger partial charge is 0.376 e. The normalized spacial score (nSPS) is 25.3. The SMILES string of the molecule is CN(C)c1cc(N2CCC3(CCC(=O)N(C[C@@H]4CCCO4)C3)CC2)ncn1. The third-order valence-corrected chi connectivity index (χ3v) is 6.44. The number of rotatable bonds is 4. The van der Waals surface area contributed by atoms with Gasteiger partial charge in [-0.2, -0.15) is 0 Å². The number of amides is 1. The molecule has 1 aromatic heterocycles. The fourth-order valence-electron chi connectivity index (χ4n) is 4.68. The second-order valence-electron chi connectivity index (χ2n) is 8.53. The number of hydrogen-bond donors (Lipinski definition) is 0. The molecular weight excluding hydrogens is 342 g/mol. The van der Waals surface area contributed by atoms with Gasteiger partial charge in [-0.1, -0.05) is 0 Å². The average Bonchev–Trinajstić information content (AvgIpc) is 3.19. The monoisotopic (exact) mass is 373 g/mol. The smallest absolute Gasteiger partial charge is 0.222 e. The summed E-state index contributed by atoms with van der Waals surface area (Å²) in [5, 5.41) is 0. The number of aromatic nitrogens is 2. The number of nitrogens with zero attached hydrogens (tertiary/aromatic N) is 5. The van der Waals surface area contributed by atoms with Gasteiger partial charge in [-0.3, -0.25) is 4.79 Å². The quantitative estimate of drug-likeness (QED) is 0.804. The summed E-state index contributed by atoms with van der Waals surface area (Å²) in [5.74, 6) is 2.25. The van der Waals surface area contributed by atoms with Crippen LogP contribution in [0.25, 0.3) is 0 Å². The van der Waals surface area contributed by atoms with Gasteiger partial charge in [0.25, 0.3) is 0 Å². The molecule has 0 N–H and O–H groups in total. The standard InChI is InChI=1S/C20H31N5O2/c1-23(2)17-12-18(22-15-21-17)24-9-7-20(8-10-24)6-5-19(26)25(14-20)13-16-4-3-11-27-16/h12,15-16H,3-11,13-14H2,1-2H3/t16-/m0/s1. The van der Waals surface area contributed by atoms with Crippen LogP contribution in [0.1, 0.15) is 38.5 Å². The first-order valence-electron chi connectivity index (χ1n) is 10.2. The average molecular weight is 374 g/mol. The maximum Gasteiger partial charge on any atom is 0.222 e. The second kappa shape index (κ2) is 7.62. The van der Waals surface area contributed by atoms with Gasteiger partial charge in [-0.05, 0) is 37.5 Å². The Labute approximate surface area is 161 Å². The highest BCUT2D eigenvalue weighted by molar-refractivity contribution is 5.77. The Bertz CT molecular complexity index is 666. The number of anilines is 2. The van der Waals surface area contributed by atoms with Crippen molar-refractivity contribution in [3.63, 3.8) is 0 Å². The summed E-state index contributed by atoms with van der Waals surface area (Å²) >= 11 is 0. The van der Waals surface area contributed by atoms with Crippen molar-refractivity contribution >= 4 is 17.5 Å². The molecule has 4 heterocycles. The van der Waals surface area contributed by atoms with E-state index >= 15 is 0 Å². The molecule has 1 spiro atoms. The number of piperidine rings is 2. The van der Waals surface area contributed by atoms with Gasteiger partial charge in [-0.15, -0.1) is 0 Å². The second-order valence-corrected chi connectivity index (χ2v) is 8.53. The zero-order valence-electron chi connectivity index (χ0n) is 16.6. The van der Waals surface area contributed by atoms with Crippen LogP contribution in [-0.2, 0) is 9.53 Å². The van der Waals surface area contributed by atoms with Crippen LogP contribution in [0, 0.1) is 5.41 Å². The molecule has 3 aliphatic heterocycles. The van der Waals surface area contributed by atoms with Crippen LogP contribution in [-0.4, -0.2) is 73.8 Å². The van der Waals surface area contributed by atoms with E-state index in [9.17, 15) is 4.79 Å². The summed E-state index contributed by atoms with van der Waals surface area (Å²) in [4.78, 5) is 27.7. The third kappa shape index (κ3) is 4.03. The predicted octanol–water partition coefficient (Wildman–Crippen LogP) is 1.93. The van der Waals surface area contributed by atoms with Crippen LogP contribution in [0.15, 0.2) is 12.4 Å². The summed E-state index contributed by atoms with van der Waals surface area (Å²) in [5.41, 5.74) is 0.264. The van der Waals surface area contributed by atoms with Gasteiger partial charge in [0.1, 0.15) is 18.0 Å². The zero-order chi connectivity index (χ0) is 18.9. The minimum atomic E-state index is 0.245. The summed E-state index contributed by atoms with van der Waals surface area (Å²) in [6.45, 7) is 4.51. The van der Waals surface area contributed by atoms with Crippen molar-refractivity contribution in [1.29, 1.82) is 0 Å². The first-order chi connectivity index (χ1) is 13.0. The molecule has 0 saturated carbocycles. The van der Waals surface area contributed by atoms with Crippen molar-refractivity contribution in [2.75, 3.05) is 56.7 Å². The van der Waals surface area contributed by atoms with Crippen LogP contribution >= 0.6 is 0 Å². The molecule has 4 rings (SSSR count). The molecule has 1 amide bonds.